The van der Waals surface area contributed by atoms with E-state index in [1.807, 2.05) is 12.1 Å². The summed E-state index contributed by atoms with van der Waals surface area (Å²) >= 11 is 0. The van der Waals surface area contributed by atoms with E-state index in [0.29, 0.717) is 17.7 Å². The second kappa shape index (κ2) is 5.41. The lowest BCUT2D eigenvalue weighted by Crippen LogP contribution is -2.43. The molecule has 3 nitrogen and oxygen atoms in total. The number of benzene rings is 1. The van der Waals surface area contributed by atoms with Gasteiger partial charge in [-0.1, -0.05) is 18.1 Å². The Morgan fingerprint density at radius 3 is 3.00 bits per heavy atom. The summed E-state index contributed by atoms with van der Waals surface area (Å²) < 4.78 is 0. The molecule has 4 rings (SSSR count). The van der Waals surface area contributed by atoms with E-state index in [4.69, 9.17) is 0 Å². The minimum absolute atomic E-state index is 0.363. The number of allylic oxidation sites excluding steroid dienone is 1. The highest BCUT2D eigenvalue weighted by atomic mass is 16.3. The van der Waals surface area contributed by atoms with Crippen molar-refractivity contribution in [1.29, 1.82) is 0 Å². The van der Waals surface area contributed by atoms with Gasteiger partial charge in [-0.05, 0) is 56.9 Å². The van der Waals surface area contributed by atoms with Crippen LogP contribution in [0.2, 0.25) is 0 Å². The van der Waals surface area contributed by atoms with Gasteiger partial charge in [0, 0.05) is 41.6 Å². The van der Waals surface area contributed by atoms with Crippen LogP contribution in [0.4, 0.5) is 0 Å². The SMILES string of the molecule is CC/C(C)=C1/CC2c3[nH]c4ccc(O)cc4c3CCN(C1)C2C. The molecule has 3 unspecified atom stereocenters. The Balaban J connectivity index is 1.86. The van der Waals surface area contributed by atoms with Crippen molar-refractivity contribution < 1.29 is 5.11 Å². The van der Waals surface area contributed by atoms with E-state index < -0.39 is 0 Å². The van der Waals surface area contributed by atoms with E-state index >= 15 is 0 Å². The zero-order valence-corrected chi connectivity index (χ0v) is 14.3. The molecule has 3 heterocycles. The Bertz CT molecular complexity index is 786. The van der Waals surface area contributed by atoms with Crippen molar-refractivity contribution >= 4 is 10.9 Å². The standard InChI is InChI=1S/C20H26N2O/c1-4-12(2)14-9-17-13(3)22(11-14)8-7-16-18-10-15(23)5-6-19(18)21-20(16)17/h5-6,10,13,17,21,23H,4,7-9,11H2,1-3H3/b14-12-. The molecule has 2 aliphatic heterocycles. The Labute approximate surface area is 138 Å². The van der Waals surface area contributed by atoms with Gasteiger partial charge >= 0.3 is 0 Å². The molecule has 1 aromatic carbocycles. The maximum atomic E-state index is 9.87. The molecule has 3 atom stereocenters. The van der Waals surface area contributed by atoms with Crippen LogP contribution in [0, 0.1) is 0 Å². The zero-order chi connectivity index (χ0) is 16.1. The second-order valence-electron chi connectivity index (χ2n) is 7.26. The van der Waals surface area contributed by atoms with Crippen molar-refractivity contribution in [1.82, 2.24) is 9.88 Å². The van der Waals surface area contributed by atoms with Crippen LogP contribution in [0.3, 0.4) is 0 Å². The molecular weight excluding hydrogens is 284 g/mol. The van der Waals surface area contributed by atoms with Crippen LogP contribution in [0.1, 0.15) is 50.8 Å². The highest BCUT2D eigenvalue weighted by Crippen LogP contribution is 2.42. The molecule has 0 radical (unpaired) electrons. The molecule has 2 N–H and O–H groups in total. The number of phenolic OH excluding ortho intramolecular Hbond substituents is 1. The predicted octanol–water partition coefficient (Wildman–Crippen LogP) is 4.33. The Kier molecular flexibility index (Phi) is 3.49. The van der Waals surface area contributed by atoms with Gasteiger partial charge in [0.05, 0.1) is 0 Å². The molecule has 0 amide bonds. The van der Waals surface area contributed by atoms with Crippen molar-refractivity contribution in [2.24, 2.45) is 0 Å². The molecule has 2 aromatic rings. The Hall–Kier alpha value is -1.74. The molecule has 2 bridgehead atoms. The van der Waals surface area contributed by atoms with E-state index in [9.17, 15) is 5.11 Å². The summed E-state index contributed by atoms with van der Waals surface area (Å²) in [4.78, 5) is 6.33. The van der Waals surface area contributed by atoms with Crippen LogP contribution in [0.5, 0.6) is 5.75 Å². The smallest absolute Gasteiger partial charge is 0.116 e. The fourth-order valence-electron chi connectivity index (χ4n) is 4.43. The summed E-state index contributed by atoms with van der Waals surface area (Å²) in [6, 6.07) is 6.29. The normalized spacial score (nSPS) is 29.3. The largest absolute Gasteiger partial charge is 0.508 e. The summed E-state index contributed by atoms with van der Waals surface area (Å²) in [6.45, 7) is 9.17. The zero-order valence-electron chi connectivity index (χ0n) is 14.3. The van der Waals surface area contributed by atoms with Gasteiger partial charge < -0.3 is 10.1 Å². The lowest BCUT2D eigenvalue weighted by Gasteiger charge is -2.39. The summed E-state index contributed by atoms with van der Waals surface area (Å²) in [7, 11) is 0. The van der Waals surface area contributed by atoms with Gasteiger partial charge in [-0.15, -0.1) is 0 Å². The monoisotopic (exact) mass is 310 g/mol. The number of H-pyrrole nitrogens is 1. The second-order valence-corrected chi connectivity index (χ2v) is 7.26. The maximum absolute atomic E-state index is 9.87. The molecule has 0 saturated carbocycles. The van der Waals surface area contributed by atoms with Gasteiger partial charge in [-0.25, -0.2) is 0 Å². The van der Waals surface area contributed by atoms with Crippen molar-refractivity contribution in [2.45, 2.75) is 52.0 Å². The van der Waals surface area contributed by atoms with Gasteiger partial charge in [-0.2, -0.15) is 0 Å². The first-order valence-electron chi connectivity index (χ1n) is 8.83. The molecule has 3 heteroatoms. The number of fused-ring (bicyclic) bond motifs is 6. The predicted molar refractivity (Wildman–Crippen MR) is 95.1 cm³/mol. The summed E-state index contributed by atoms with van der Waals surface area (Å²) in [6.07, 6.45) is 3.39. The number of hydrogen-bond acceptors (Lipinski definition) is 2. The Morgan fingerprint density at radius 1 is 1.39 bits per heavy atom. The number of piperidine rings is 1. The summed E-state index contributed by atoms with van der Waals surface area (Å²) in [5.41, 5.74) is 7.18. The number of nitrogens with one attached hydrogen (secondary N) is 1. The van der Waals surface area contributed by atoms with Crippen molar-refractivity contribution in [3.05, 3.63) is 40.6 Å². The van der Waals surface area contributed by atoms with Gasteiger partial charge in [0.25, 0.3) is 0 Å². The number of aromatic nitrogens is 1. The third-order valence-corrected chi connectivity index (χ3v) is 6.09. The highest BCUT2D eigenvalue weighted by Gasteiger charge is 2.36. The van der Waals surface area contributed by atoms with Crippen LogP contribution < -0.4 is 0 Å². The van der Waals surface area contributed by atoms with Crippen molar-refractivity contribution in [3.8, 4) is 5.75 Å². The average molecular weight is 310 g/mol. The molecule has 1 aromatic heterocycles. The van der Waals surface area contributed by atoms with Crippen LogP contribution in [0.15, 0.2) is 29.3 Å². The van der Waals surface area contributed by atoms with E-state index in [1.165, 1.54) is 23.1 Å². The van der Waals surface area contributed by atoms with Crippen molar-refractivity contribution in [3.63, 3.8) is 0 Å². The van der Waals surface area contributed by atoms with Gasteiger partial charge in [-0.3, -0.25) is 4.90 Å². The third-order valence-electron chi connectivity index (χ3n) is 6.09. The highest BCUT2D eigenvalue weighted by molar-refractivity contribution is 5.86. The van der Waals surface area contributed by atoms with Crippen LogP contribution in [0.25, 0.3) is 10.9 Å². The minimum Gasteiger partial charge on any atom is -0.508 e. The number of nitrogens with zero attached hydrogens (tertiary/aromatic N) is 1. The van der Waals surface area contributed by atoms with E-state index in [-0.39, 0.29) is 0 Å². The number of phenols is 1. The van der Waals surface area contributed by atoms with Crippen LogP contribution in [-0.4, -0.2) is 34.1 Å². The first-order chi connectivity index (χ1) is 11.1. The van der Waals surface area contributed by atoms with Gasteiger partial charge in [0.2, 0.25) is 0 Å². The molecule has 2 aliphatic rings. The minimum atomic E-state index is 0.363. The van der Waals surface area contributed by atoms with E-state index in [1.54, 1.807) is 17.2 Å². The van der Waals surface area contributed by atoms with Crippen LogP contribution >= 0.6 is 0 Å². The number of aromatic amines is 1. The van der Waals surface area contributed by atoms with Crippen LogP contribution in [-0.2, 0) is 6.42 Å². The third kappa shape index (κ3) is 2.29. The lowest BCUT2D eigenvalue weighted by molar-refractivity contribution is 0.177. The van der Waals surface area contributed by atoms with Crippen molar-refractivity contribution in [2.75, 3.05) is 13.1 Å². The molecule has 1 saturated heterocycles. The summed E-state index contributed by atoms with van der Waals surface area (Å²) in [5.74, 6) is 0.898. The fraction of sp³-hybridized carbons (Fsp3) is 0.500. The first kappa shape index (κ1) is 14.8. The number of aromatic hydroxyl groups is 1. The molecule has 0 aliphatic carbocycles. The van der Waals surface area contributed by atoms with Gasteiger partial charge in [0.15, 0.2) is 0 Å². The molecular formula is C20H26N2O. The van der Waals surface area contributed by atoms with E-state index in [2.05, 4.69) is 30.7 Å². The maximum Gasteiger partial charge on any atom is 0.116 e. The Morgan fingerprint density at radius 2 is 2.22 bits per heavy atom. The molecule has 23 heavy (non-hydrogen) atoms. The molecule has 0 spiro atoms. The topological polar surface area (TPSA) is 39.3 Å². The first-order valence-corrected chi connectivity index (χ1v) is 8.83. The summed E-state index contributed by atoms with van der Waals surface area (Å²) in [5, 5.41) is 11.1. The number of hydrogen-bond donors (Lipinski definition) is 2. The van der Waals surface area contributed by atoms with Gasteiger partial charge in [0.1, 0.15) is 5.75 Å². The number of rotatable bonds is 1. The lowest BCUT2D eigenvalue weighted by atomic mass is 9.83. The fourth-order valence-corrected chi connectivity index (χ4v) is 4.43. The average Bonchev–Trinajstić information content (AvgIpc) is 2.88. The van der Waals surface area contributed by atoms with E-state index in [0.717, 1.165) is 31.4 Å². The molecule has 1 fully saturated rings. The quantitative estimate of drug-likeness (QED) is 0.769. The molecule has 122 valence electrons.